The standard InChI is InChI=1S/C14H16BrN3/c1-2-7-18-14(13-10-16-8-9-17-13)11-5-3-4-6-12(11)15/h3-6,8-10,14,18H,2,7H2,1H3. The summed E-state index contributed by atoms with van der Waals surface area (Å²) in [4.78, 5) is 8.55. The molecule has 1 unspecified atom stereocenters. The van der Waals surface area contributed by atoms with Crippen LogP contribution in [0.4, 0.5) is 0 Å². The lowest BCUT2D eigenvalue weighted by atomic mass is 10.0. The van der Waals surface area contributed by atoms with Gasteiger partial charge in [0.1, 0.15) is 0 Å². The minimum Gasteiger partial charge on any atom is -0.305 e. The SMILES string of the molecule is CCCNC(c1cnccn1)c1ccccc1Br. The van der Waals surface area contributed by atoms with Gasteiger partial charge in [-0.1, -0.05) is 41.1 Å². The number of hydrogen-bond donors (Lipinski definition) is 1. The van der Waals surface area contributed by atoms with E-state index in [2.05, 4.69) is 44.2 Å². The fourth-order valence-electron chi connectivity index (χ4n) is 1.83. The predicted octanol–water partition coefficient (Wildman–Crippen LogP) is 3.33. The van der Waals surface area contributed by atoms with Gasteiger partial charge in [-0.2, -0.15) is 0 Å². The van der Waals surface area contributed by atoms with Gasteiger partial charge < -0.3 is 5.32 Å². The van der Waals surface area contributed by atoms with Gasteiger partial charge >= 0.3 is 0 Å². The molecule has 4 heteroatoms. The van der Waals surface area contributed by atoms with E-state index in [0.29, 0.717) is 0 Å². The van der Waals surface area contributed by atoms with Gasteiger partial charge in [0.15, 0.2) is 0 Å². The normalized spacial score (nSPS) is 12.3. The highest BCUT2D eigenvalue weighted by atomic mass is 79.9. The molecule has 1 atom stereocenters. The molecule has 0 saturated heterocycles. The second kappa shape index (κ2) is 6.61. The minimum absolute atomic E-state index is 0.0780. The molecule has 18 heavy (non-hydrogen) atoms. The van der Waals surface area contributed by atoms with Crippen LogP contribution in [0.1, 0.15) is 30.6 Å². The van der Waals surface area contributed by atoms with E-state index in [0.717, 1.165) is 23.1 Å². The number of benzene rings is 1. The van der Waals surface area contributed by atoms with E-state index in [1.165, 1.54) is 5.56 Å². The number of nitrogens with one attached hydrogen (secondary N) is 1. The summed E-state index contributed by atoms with van der Waals surface area (Å²) in [5.41, 5.74) is 2.13. The quantitative estimate of drug-likeness (QED) is 0.921. The molecule has 1 N–H and O–H groups in total. The lowest BCUT2D eigenvalue weighted by Crippen LogP contribution is -2.24. The van der Waals surface area contributed by atoms with E-state index >= 15 is 0 Å². The molecule has 0 aliphatic carbocycles. The largest absolute Gasteiger partial charge is 0.305 e. The predicted molar refractivity (Wildman–Crippen MR) is 76.3 cm³/mol. The van der Waals surface area contributed by atoms with E-state index in [-0.39, 0.29) is 6.04 Å². The van der Waals surface area contributed by atoms with Crippen LogP contribution in [0.2, 0.25) is 0 Å². The smallest absolute Gasteiger partial charge is 0.0801 e. The Morgan fingerprint density at radius 1 is 1.28 bits per heavy atom. The van der Waals surface area contributed by atoms with Crippen LogP contribution in [0.15, 0.2) is 47.3 Å². The Hall–Kier alpha value is -1.26. The number of hydrogen-bond acceptors (Lipinski definition) is 3. The zero-order valence-corrected chi connectivity index (χ0v) is 11.9. The highest BCUT2D eigenvalue weighted by Gasteiger charge is 2.16. The van der Waals surface area contributed by atoms with Crippen LogP contribution in [0.5, 0.6) is 0 Å². The lowest BCUT2D eigenvalue weighted by Gasteiger charge is -2.19. The van der Waals surface area contributed by atoms with Crippen molar-refractivity contribution in [2.24, 2.45) is 0 Å². The molecular weight excluding hydrogens is 290 g/mol. The van der Waals surface area contributed by atoms with Crippen LogP contribution in [0.25, 0.3) is 0 Å². The number of nitrogens with zero attached hydrogens (tertiary/aromatic N) is 2. The summed E-state index contributed by atoms with van der Waals surface area (Å²) in [5.74, 6) is 0. The summed E-state index contributed by atoms with van der Waals surface area (Å²) in [5, 5.41) is 3.51. The lowest BCUT2D eigenvalue weighted by molar-refractivity contribution is 0.582. The van der Waals surface area contributed by atoms with Crippen molar-refractivity contribution in [1.29, 1.82) is 0 Å². The van der Waals surface area contributed by atoms with Gasteiger partial charge in [0.05, 0.1) is 17.9 Å². The monoisotopic (exact) mass is 305 g/mol. The Bertz CT molecular complexity index is 487. The van der Waals surface area contributed by atoms with Gasteiger partial charge in [-0.15, -0.1) is 0 Å². The van der Waals surface area contributed by atoms with Crippen molar-refractivity contribution in [1.82, 2.24) is 15.3 Å². The van der Waals surface area contributed by atoms with Crippen LogP contribution in [-0.2, 0) is 0 Å². The zero-order valence-electron chi connectivity index (χ0n) is 10.3. The molecule has 0 fully saturated rings. The van der Waals surface area contributed by atoms with Gasteiger partial charge in [-0.3, -0.25) is 9.97 Å². The fraction of sp³-hybridized carbons (Fsp3) is 0.286. The van der Waals surface area contributed by atoms with E-state index in [1.807, 2.05) is 24.4 Å². The van der Waals surface area contributed by atoms with Crippen LogP contribution < -0.4 is 5.32 Å². The summed E-state index contributed by atoms with van der Waals surface area (Å²) in [6.45, 7) is 3.10. The van der Waals surface area contributed by atoms with Gasteiger partial charge in [0, 0.05) is 16.9 Å². The molecule has 1 aromatic carbocycles. The average Bonchev–Trinajstić information content (AvgIpc) is 2.42. The minimum atomic E-state index is 0.0780. The molecule has 0 spiro atoms. The molecule has 0 saturated carbocycles. The molecular formula is C14H16BrN3. The van der Waals surface area contributed by atoms with Gasteiger partial charge in [-0.25, -0.2) is 0 Å². The fourth-order valence-corrected chi connectivity index (χ4v) is 2.35. The summed E-state index contributed by atoms with van der Waals surface area (Å²) in [6.07, 6.45) is 6.32. The molecule has 0 aliphatic heterocycles. The maximum Gasteiger partial charge on any atom is 0.0801 e. The third-order valence-electron chi connectivity index (χ3n) is 2.69. The first-order valence-corrected chi connectivity index (χ1v) is 6.86. The summed E-state index contributed by atoms with van der Waals surface area (Å²) in [6, 6.07) is 8.28. The average molecular weight is 306 g/mol. The van der Waals surface area contributed by atoms with Crippen molar-refractivity contribution in [3.63, 3.8) is 0 Å². The number of rotatable bonds is 5. The summed E-state index contributed by atoms with van der Waals surface area (Å²) in [7, 11) is 0. The second-order valence-corrected chi connectivity index (χ2v) is 4.89. The van der Waals surface area contributed by atoms with Crippen molar-refractivity contribution in [3.05, 3.63) is 58.6 Å². The maximum absolute atomic E-state index is 4.40. The first kappa shape index (κ1) is 13.2. The Labute approximate surface area is 116 Å². The topological polar surface area (TPSA) is 37.8 Å². The Kier molecular flexibility index (Phi) is 4.84. The third kappa shape index (κ3) is 3.15. The van der Waals surface area contributed by atoms with Crippen LogP contribution in [-0.4, -0.2) is 16.5 Å². The van der Waals surface area contributed by atoms with Crippen LogP contribution >= 0.6 is 15.9 Å². The highest BCUT2D eigenvalue weighted by molar-refractivity contribution is 9.10. The van der Waals surface area contributed by atoms with Gasteiger partial charge in [0.2, 0.25) is 0 Å². The van der Waals surface area contributed by atoms with Crippen LogP contribution in [0.3, 0.4) is 0 Å². The molecule has 1 heterocycles. The maximum atomic E-state index is 4.40. The summed E-state index contributed by atoms with van der Waals surface area (Å²) < 4.78 is 1.09. The first-order valence-electron chi connectivity index (χ1n) is 6.06. The van der Waals surface area contributed by atoms with Crippen molar-refractivity contribution in [3.8, 4) is 0 Å². The molecule has 0 amide bonds. The third-order valence-corrected chi connectivity index (χ3v) is 3.42. The second-order valence-electron chi connectivity index (χ2n) is 4.04. The van der Waals surface area contributed by atoms with Crippen LogP contribution in [0, 0.1) is 0 Å². The van der Waals surface area contributed by atoms with Gasteiger partial charge in [-0.05, 0) is 24.6 Å². The van der Waals surface area contributed by atoms with Gasteiger partial charge in [0.25, 0.3) is 0 Å². The summed E-state index contributed by atoms with van der Waals surface area (Å²) >= 11 is 3.60. The molecule has 0 radical (unpaired) electrons. The number of halogens is 1. The van der Waals surface area contributed by atoms with E-state index in [9.17, 15) is 0 Å². The van der Waals surface area contributed by atoms with Crippen molar-refractivity contribution in [2.45, 2.75) is 19.4 Å². The highest BCUT2D eigenvalue weighted by Crippen LogP contribution is 2.26. The molecule has 0 aliphatic rings. The van der Waals surface area contributed by atoms with Crippen molar-refractivity contribution >= 4 is 15.9 Å². The van der Waals surface area contributed by atoms with E-state index in [1.54, 1.807) is 12.4 Å². The molecule has 1 aromatic heterocycles. The molecule has 2 aromatic rings. The molecule has 3 nitrogen and oxygen atoms in total. The Morgan fingerprint density at radius 3 is 2.78 bits per heavy atom. The van der Waals surface area contributed by atoms with Crippen molar-refractivity contribution in [2.75, 3.05) is 6.54 Å². The molecule has 0 bridgehead atoms. The Morgan fingerprint density at radius 2 is 2.11 bits per heavy atom. The Balaban J connectivity index is 2.34. The first-order chi connectivity index (χ1) is 8.83. The molecule has 2 rings (SSSR count). The van der Waals surface area contributed by atoms with Crippen molar-refractivity contribution < 1.29 is 0 Å². The van der Waals surface area contributed by atoms with E-state index < -0.39 is 0 Å². The van der Waals surface area contributed by atoms with E-state index in [4.69, 9.17) is 0 Å². The zero-order chi connectivity index (χ0) is 12.8. The number of aromatic nitrogens is 2. The molecule has 94 valence electrons.